The first-order valence-electron chi connectivity index (χ1n) is 7.56. The lowest BCUT2D eigenvalue weighted by molar-refractivity contribution is 0.146. The van der Waals surface area contributed by atoms with E-state index in [9.17, 15) is 8.42 Å². The van der Waals surface area contributed by atoms with Crippen LogP contribution in [-0.4, -0.2) is 41.3 Å². The van der Waals surface area contributed by atoms with Crippen LogP contribution in [0.3, 0.4) is 0 Å². The van der Waals surface area contributed by atoms with E-state index >= 15 is 0 Å². The third-order valence-corrected chi connectivity index (χ3v) is 5.06. The van der Waals surface area contributed by atoms with Gasteiger partial charge < -0.3 is 9.64 Å². The lowest BCUT2D eigenvalue weighted by Gasteiger charge is -2.17. The molecule has 0 saturated carbocycles. The molecule has 0 aromatic heterocycles. The zero-order valence-corrected chi connectivity index (χ0v) is 13.4. The third kappa shape index (κ3) is 4.69. The Hall–Kier alpha value is -1.11. The smallest absolute Gasteiger partial charge is 0.240 e. The van der Waals surface area contributed by atoms with Gasteiger partial charge in [0.2, 0.25) is 10.0 Å². The highest BCUT2D eigenvalue weighted by molar-refractivity contribution is 7.89. The van der Waals surface area contributed by atoms with Crippen molar-refractivity contribution in [2.45, 2.75) is 31.1 Å². The first kappa shape index (κ1) is 16.3. The van der Waals surface area contributed by atoms with E-state index in [2.05, 4.69) is 9.62 Å². The van der Waals surface area contributed by atoms with Crippen molar-refractivity contribution >= 4 is 15.7 Å². The van der Waals surface area contributed by atoms with Gasteiger partial charge in [-0.1, -0.05) is 0 Å². The number of rotatable bonds is 8. The van der Waals surface area contributed by atoms with Crippen LogP contribution in [0.1, 0.15) is 26.2 Å². The minimum atomic E-state index is -3.41. The molecule has 1 saturated heterocycles. The Bertz CT molecular complexity index is 522. The maximum absolute atomic E-state index is 12.1. The van der Waals surface area contributed by atoms with E-state index in [0.29, 0.717) is 31.1 Å². The van der Waals surface area contributed by atoms with Crippen LogP contribution in [-0.2, 0) is 14.8 Å². The summed E-state index contributed by atoms with van der Waals surface area (Å²) in [5.41, 5.74) is 1.10. The van der Waals surface area contributed by atoms with Crippen LogP contribution in [0.4, 0.5) is 5.69 Å². The van der Waals surface area contributed by atoms with E-state index in [4.69, 9.17) is 4.74 Å². The van der Waals surface area contributed by atoms with Crippen molar-refractivity contribution in [1.29, 1.82) is 0 Å². The molecule has 0 radical (unpaired) electrons. The fourth-order valence-corrected chi connectivity index (χ4v) is 3.49. The summed E-state index contributed by atoms with van der Waals surface area (Å²) in [6.07, 6.45) is 3.10. The minimum absolute atomic E-state index is 0.321. The molecule has 2 rings (SSSR count). The molecule has 0 amide bonds. The molecule has 118 valence electrons. The first-order chi connectivity index (χ1) is 10.1. The van der Waals surface area contributed by atoms with Gasteiger partial charge in [0.15, 0.2) is 0 Å². The number of anilines is 1. The number of hydrogen-bond acceptors (Lipinski definition) is 4. The van der Waals surface area contributed by atoms with Crippen LogP contribution in [0, 0.1) is 0 Å². The predicted octanol–water partition coefficient (Wildman–Crippen LogP) is 1.99. The standard InChI is InChI=1S/C15H24N2O3S/c1-2-20-13-5-10-16-21(18,19)15-8-6-14(7-9-15)17-11-3-4-12-17/h6-9,16H,2-5,10-13H2,1H3. The van der Waals surface area contributed by atoms with E-state index < -0.39 is 10.0 Å². The van der Waals surface area contributed by atoms with Crippen LogP contribution < -0.4 is 9.62 Å². The molecule has 0 atom stereocenters. The Balaban J connectivity index is 1.90. The molecule has 5 nitrogen and oxygen atoms in total. The number of nitrogens with one attached hydrogen (secondary N) is 1. The second-order valence-corrected chi connectivity index (χ2v) is 6.90. The van der Waals surface area contributed by atoms with Crippen LogP contribution in [0.5, 0.6) is 0 Å². The fraction of sp³-hybridized carbons (Fsp3) is 0.600. The lowest BCUT2D eigenvalue weighted by Crippen LogP contribution is -2.25. The lowest BCUT2D eigenvalue weighted by atomic mass is 10.3. The Morgan fingerprint density at radius 3 is 2.48 bits per heavy atom. The van der Waals surface area contributed by atoms with Gasteiger partial charge in [-0.3, -0.25) is 0 Å². The first-order valence-corrected chi connectivity index (χ1v) is 9.04. The largest absolute Gasteiger partial charge is 0.382 e. The predicted molar refractivity (Wildman–Crippen MR) is 84.2 cm³/mol. The summed E-state index contributed by atoms with van der Waals surface area (Å²) in [7, 11) is -3.41. The van der Waals surface area contributed by atoms with Gasteiger partial charge in [0.25, 0.3) is 0 Å². The van der Waals surface area contributed by atoms with Gasteiger partial charge in [0.05, 0.1) is 4.90 Å². The van der Waals surface area contributed by atoms with Crippen LogP contribution in [0.15, 0.2) is 29.2 Å². The maximum atomic E-state index is 12.1. The summed E-state index contributed by atoms with van der Waals surface area (Å²) >= 11 is 0. The van der Waals surface area contributed by atoms with Gasteiger partial charge >= 0.3 is 0 Å². The molecule has 1 fully saturated rings. The summed E-state index contributed by atoms with van der Waals surface area (Å²) in [4.78, 5) is 2.60. The maximum Gasteiger partial charge on any atom is 0.240 e. The van der Waals surface area contributed by atoms with Gasteiger partial charge in [-0.05, 0) is 50.5 Å². The van der Waals surface area contributed by atoms with Crippen molar-refractivity contribution in [3.63, 3.8) is 0 Å². The summed E-state index contributed by atoms with van der Waals surface area (Å²) < 4.78 is 32.1. The molecule has 0 aliphatic carbocycles. The highest BCUT2D eigenvalue weighted by atomic mass is 32.2. The SMILES string of the molecule is CCOCCCNS(=O)(=O)c1ccc(N2CCCC2)cc1. The molecule has 0 spiro atoms. The van der Waals surface area contributed by atoms with Crippen molar-refractivity contribution in [2.24, 2.45) is 0 Å². The molecular formula is C15H24N2O3S. The number of ether oxygens (including phenoxy) is 1. The molecule has 1 aromatic carbocycles. The zero-order valence-electron chi connectivity index (χ0n) is 12.5. The molecule has 21 heavy (non-hydrogen) atoms. The van der Waals surface area contributed by atoms with Crippen LogP contribution in [0.25, 0.3) is 0 Å². The summed E-state index contributed by atoms with van der Waals surface area (Å²) in [6, 6.07) is 7.14. The molecule has 1 heterocycles. The quantitative estimate of drug-likeness (QED) is 0.746. The normalized spacial score (nSPS) is 15.6. The molecule has 1 N–H and O–H groups in total. The monoisotopic (exact) mass is 312 g/mol. The van der Waals surface area contributed by atoms with Crippen molar-refractivity contribution in [3.8, 4) is 0 Å². The second-order valence-electron chi connectivity index (χ2n) is 5.14. The molecule has 0 unspecified atom stereocenters. The zero-order chi connectivity index (χ0) is 15.1. The minimum Gasteiger partial charge on any atom is -0.382 e. The topological polar surface area (TPSA) is 58.6 Å². The van der Waals surface area contributed by atoms with Crippen LogP contribution in [0.2, 0.25) is 0 Å². The molecule has 6 heteroatoms. The van der Waals surface area contributed by atoms with E-state index in [-0.39, 0.29) is 0 Å². The van der Waals surface area contributed by atoms with E-state index in [0.717, 1.165) is 18.8 Å². The van der Waals surface area contributed by atoms with E-state index in [1.54, 1.807) is 12.1 Å². The average Bonchev–Trinajstić information content (AvgIpc) is 3.01. The summed E-state index contributed by atoms with van der Waals surface area (Å²) in [6.45, 7) is 5.67. The summed E-state index contributed by atoms with van der Waals surface area (Å²) in [5.74, 6) is 0. The number of nitrogens with zero attached hydrogens (tertiary/aromatic N) is 1. The third-order valence-electron chi connectivity index (χ3n) is 3.58. The number of benzene rings is 1. The van der Waals surface area contributed by atoms with Crippen LogP contribution >= 0.6 is 0 Å². The number of sulfonamides is 1. The Morgan fingerprint density at radius 2 is 1.86 bits per heavy atom. The van der Waals surface area contributed by atoms with E-state index in [1.807, 2.05) is 19.1 Å². The molecule has 1 aliphatic heterocycles. The van der Waals surface area contributed by atoms with Crippen molar-refractivity contribution < 1.29 is 13.2 Å². The highest BCUT2D eigenvalue weighted by Crippen LogP contribution is 2.21. The molecular weight excluding hydrogens is 288 g/mol. The molecule has 1 aromatic rings. The molecule has 0 bridgehead atoms. The number of hydrogen-bond donors (Lipinski definition) is 1. The highest BCUT2D eigenvalue weighted by Gasteiger charge is 2.16. The van der Waals surface area contributed by atoms with Gasteiger partial charge in [0.1, 0.15) is 0 Å². The van der Waals surface area contributed by atoms with Gasteiger partial charge in [-0.2, -0.15) is 0 Å². The van der Waals surface area contributed by atoms with Crippen molar-refractivity contribution in [2.75, 3.05) is 37.7 Å². The van der Waals surface area contributed by atoms with Crippen molar-refractivity contribution in [3.05, 3.63) is 24.3 Å². The Kier molecular flexibility index (Phi) is 6.02. The summed E-state index contributed by atoms with van der Waals surface area (Å²) in [5, 5.41) is 0. The molecule has 1 aliphatic rings. The average molecular weight is 312 g/mol. The van der Waals surface area contributed by atoms with Gasteiger partial charge in [-0.15, -0.1) is 0 Å². The van der Waals surface area contributed by atoms with E-state index in [1.165, 1.54) is 12.8 Å². The Morgan fingerprint density at radius 1 is 1.19 bits per heavy atom. The fourth-order valence-electron chi connectivity index (χ4n) is 2.42. The van der Waals surface area contributed by atoms with Gasteiger partial charge in [-0.25, -0.2) is 13.1 Å². The Labute approximate surface area is 127 Å². The van der Waals surface area contributed by atoms with Gasteiger partial charge in [0, 0.05) is 38.5 Å². The second kappa shape index (κ2) is 7.77. The van der Waals surface area contributed by atoms with Crippen molar-refractivity contribution in [1.82, 2.24) is 4.72 Å².